The molecule has 32 heavy (non-hydrogen) atoms. The number of halogens is 3. The van der Waals surface area contributed by atoms with Gasteiger partial charge in [-0.25, -0.2) is 9.48 Å². The van der Waals surface area contributed by atoms with Crippen LogP contribution in [0.4, 0.5) is 23.8 Å². The van der Waals surface area contributed by atoms with Gasteiger partial charge in [-0.3, -0.25) is 0 Å². The molecule has 1 aromatic heterocycles. The van der Waals surface area contributed by atoms with Gasteiger partial charge >= 0.3 is 12.5 Å². The summed E-state index contributed by atoms with van der Waals surface area (Å²) >= 11 is 0. The van der Waals surface area contributed by atoms with Crippen molar-refractivity contribution in [2.75, 3.05) is 31.1 Å². The van der Waals surface area contributed by atoms with E-state index in [-0.39, 0.29) is 17.8 Å². The fourth-order valence-electron chi connectivity index (χ4n) is 3.39. The molecule has 0 radical (unpaired) electrons. The van der Waals surface area contributed by atoms with Crippen molar-refractivity contribution in [3.63, 3.8) is 0 Å². The van der Waals surface area contributed by atoms with E-state index >= 15 is 0 Å². The summed E-state index contributed by atoms with van der Waals surface area (Å²) in [4.78, 5) is 16.1. The largest absolute Gasteiger partial charge is 0.573 e. The summed E-state index contributed by atoms with van der Waals surface area (Å²) in [5.74, 6) is 0.622. The van der Waals surface area contributed by atoms with Crippen molar-refractivity contribution in [2.45, 2.75) is 52.5 Å². The molecule has 0 N–H and O–H groups in total. The van der Waals surface area contributed by atoms with Gasteiger partial charge in [0.25, 0.3) is 0 Å². The van der Waals surface area contributed by atoms with Crippen LogP contribution in [0.15, 0.2) is 30.3 Å². The molecule has 2 aromatic rings. The summed E-state index contributed by atoms with van der Waals surface area (Å²) < 4.78 is 48.4. The molecule has 1 amide bonds. The zero-order chi connectivity index (χ0) is 23.7. The Morgan fingerprint density at radius 3 is 2.12 bits per heavy atom. The highest BCUT2D eigenvalue weighted by Gasteiger charge is 2.31. The van der Waals surface area contributed by atoms with Crippen molar-refractivity contribution in [2.24, 2.45) is 0 Å². The number of aromatic nitrogens is 2. The number of nitrogens with zero attached hydrogens (tertiary/aromatic N) is 4. The van der Waals surface area contributed by atoms with Crippen LogP contribution in [0, 0.1) is 0 Å². The molecule has 0 unspecified atom stereocenters. The van der Waals surface area contributed by atoms with Gasteiger partial charge in [0.05, 0.1) is 5.69 Å². The number of ether oxygens (including phenoxy) is 2. The molecule has 7 nitrogen and oxygen atoms in total. The van der Waals surface area contributed by atoms with Crippen molar-refractivity contribution in [1.82, 2.24) is 14.7 Å². The van der Waals surface area contributed by atoms with Gasteiger partial charge in [-0.05, 0) is 51.0 Å². The van der Waals surface area contributed by atoms with Crippen LogP contribution in [0.25, 0.3) is 5.69 Å². The average Bonchev–Trinajstić information content (AvgIpc) is 3.12. The molecule has 0 bridgehead atoms. The van der Waals surface area contributed by atoms with Crippen LogP contribution in [-0.4, -0.2) is 58.9 Å². The van der Waals surface area contributed by atoms with Gasteiger partial charge in [0.2, 0.25) is 0 Å². The molecule has 3 rings (SSSR count). The number of carbonyl (C=O) groups excluding carboxylic acids is 1. The van der Waals surface area contributed by atoms with Gasteiger partial charge in [-0.15, -0.1) is 13.2 Å². The number of hydrogen-bond acceptors (Lipinski definition) is 5. The lowest BCUT2D eigenvalue weighted by Crippen LogP contribution is -2.50. The lowest BCUT2D eigenvalue weighted by molar-refractivity contribution is -0.274. The number of hydrogen-bond donors (Lipinski definition) is 0. The van der Waals surface area contributed by atoms with E-state index in [0.29, 0.717) is 31.9 Å². The summed E-state index contributed by atoms with van der Waals surface area (Å²) in [7, 11) is 0. The third-order valence-corrected chi connectivity index (χ3v) is 4.89. The summed E-state index contributed by atoms with van der Waals surface area (Å²) in [5.41, 5.74) is 1.03. The van der Waals surface area contributed by atoms with Gasteiger partial charge in [-0.2, -0.15) is 5.10 Å². The normalized spacial score (nSPS) is 15.3. The van der Waals surface area contributed by atoms with E-state index in [2.05, 4.69) is 9.64 Å². The minimum atomic E-state index is -4.73. The molecule has 0 aliphatic carbocycles. The molecule has 1 fully saturated rings. The van der Waals surface area contributed by atoms with Crippen LogP contribution in [0.1, 0.15) is 46.2 Å². The molecule has 1 aliphatic heterocycles. The fourth-order valence-corrected chi connectivity index (χ4v) is 3.39. The molecule has 1 saturated heterocycles. The topological polar surface area (TPSA) is 59.8 Å². The predicted octanol–water partition coefficient (Wildman–Crippen LogP) is 4.95. The number of anilines is 1. The highest BCUT2D eigenvalue weighted by atomic mass is 19.4. The van der Waals surface area contributed by atoms with Crippen LogP contribution < -0.4 is 9.64 Å². The minimum absolute atomic E-state index is 0.144. The molecule has 176 valence electrons. The number of carbonyl (C=O) groups is 1. The molecule has 2 heterocycles. The van der Waals surface area contributed by atoms with Crippen LogP contribution in [0.2, 0.25) is 0 Å². The highest BCUT2D eigenvalue weighted by Crippen LogP contribution is 2.28. The lowest BCUT2D eigenvalue weighted by atomic mass is 10.1. The molecule has 0 spiro atoms. The Hall–Kier alpha value is -2.91. The van der Waals surface area contributed by atoms with E-state index < -0.39 is 12.0 Å². The van der Waals surface area contributed by atoms with Crippen LogP contribution in [0.5, 0.6) is 5.75 Å². The standard InChI is InChI=1S/C22H29F3N4O3/c1-15(2)18-14-19(27-10-12-28(13-11-27)20(30)32-21(3,4)5)26-29(18)16-6-8-17(9-7-16)31-22(23,24)25/h6-9,14-15H,10-13H2,1-5H3. The van der Waals surface area contributed by atoms with Gasteiger partial charge in [0.15, 0.2) is 5.82 Å². The quantitative estimate of drug-likeness (QED) is 0.654. The van der Waals surface area contributed by atoms with Gasteiger partial charge in [-0.1, -0.05) is 13.8 Å². The second kappa shape index (κ2) is 8.91. The molecule has 10 heteroatoms. The van der Waals surface area contributed by atoms with Crippen LogP contribution in [0.3, 0.4) is 0 Å². The Labute approximate surface area is 185 Å². The van der Waals surface area contributed by atoms with Crippen molar-refractivity contribution in [3.05, 3.63) is 36.0 Å². The van der Waals surface area contributed by atoms with E-state index in [1.165, 1.54) is 12.1 Å². The smallest absolute Gasteiger partial charge is 0.444 e. The van der Waals surface area contributed by atoms with Gasteiger partial charge in [0, 0.05) is 37.9 Å². The maximum atomic E-state index is 12.4. The first-order chi connectivity index (χ1) is 14.8. The SMILES string of the molecule is CC(C)c1cc(N2CCN(C(=O)OC(C)(C)C)CC2)nn1-c1ccc(OC(F)(F)F)cc1. The molecular formula is C22H29F3N4O3. The summed E-state index contributed by atoms with van der Waals surface area (Å²) in [5, 5.41) is 4.70. The monoisotopic (exact) mass is 454 g/mol. The first kappa shape index (κ1) is 23.7. The number of piperazine rings is 1. The Kier molecular flexibility index (Phi) is 6.61. The second-order valence-electron chi connectivity index (χ2n) is 8.99. The lowest BCUT2D eigenvalue weighted by Gasteiger charge is -2.35. The fraction of sp³-hybridized carbons (Fsp3) is 0.545. The van der Waals surface area contributed by atoms with Crippen LogP contribution >= 0.6 is 0 Å². The number of amides is 1. The third-order valence-electron chi connectivity index (χ3n) is 4.89. The number of alkyl halides is 3. The maximum absolute atomic E-state index is 12.4. The van der Waals surface area contributed by atoms with E-state index in [0.717, 1.165) is 11.5 Å². The Morgan fingerprint density at radius 1 is 1.03 bits per heavy atom. The average molecular weight is 454 g/mol. The zero-order valence-corrected chi connectivity index (χ0v) is 18.9. The van der Waals surface area contributed by atoms with E-state index in [1.807, 2.05) is 40.7 Å². The van der Waals surface area contributed by atoms with Crippen LogP contribution in [-0.2, 0) is 4.74 Å². The highest BCUT2D eigenvalue weighted by molar-refractivity contribution is 5.68. The maximum Gasteiger partial charge on any atom is 0.573 e. The third kappa shape index (κ3) is 6.08. The summed E-state index contributed by atoms with van der Waals surface area (Å²) in [6.45, 7) is 11.8. The Balaban J connectivity index is 1.74. The van der Waals surface area contributed by atoms with E-state index in [9.17, 15) is 18.0 Å². The van der Waals surface area contributed by atoms with Crippen molar-refractivity contribution in [1.29, 1.82) is 0 Å². The predicted molar refractivity (Wildman–Crippen MR) is 114 cm³/mol. The van der Waals surface area contributed by atoms with E-state index in [4.69, 9.17) is 9.84 Å². The molecule has 0 saturated carbocycles. The first-order valence-corrected chi connectivity index (χ1v) is 10.5. The molecule has 0 atom stereocenters. The van der Waals surface area contributed by atoms with Gasteiger partial charge < -0.3 is 19.3 Å². The van der Waals surface area contributed by atoms with Gasteiger partial charge in [0.1, 0.15) is 11.4 Å². The van der Waals surface area contributed by atoms with Crippen molar-refractivity contribution >= 4 is 11.9 Å². The minimum Gasteiger partial charge on any atom is -0.444 e. The first-order valence-electron chi connectivity index (χ1n) is 10.5. The number of benzene rings is 1. The molecular weight excluding hydrogens is 425 g/mol. The second-order valence-corrected chi connectivity index (χ2v) is 8.99. The summed E-state index contributed by atoms with van der Waals surface area (Å²) in [6, 6.07) is 7.62. The Morgan fingerprint density at radius 2 is 1.62 bits per heavy atom. The van der Waals surface area contributed by atoms with Crippen molar-refractivity contribution in [3.8, 4) is 11.4 Å². The molecule has 1 aromatic carbocycles. The van der Waals surface area contributed by atoms with Crippen molar-refractivity contribution < 1.29 is 27.4 Å². The van der Waals surface area contributed by atoms with E-state index in [1.54, 1.807) is 21.7 Å². The Bertz CT molecular complexity index is 925. The molecule has 1 aliphatic rings. The number of rotatable bonds is 4. The summed E-state index contributed by atoms with van der Waals surface area (Å²) in [6.07, 6.45) is -5.06. The zero-order valence-electron chi connectivity index (χ0n) is 18.9.